The van der Waals surface area contributed by atoms with Crippen molar-refractivity contribution in [2.45, 2.75) is 26.2 Å². The zero-order chi connectivity index (χ0) is 15.6. The Bertz CT molecular complexity index is 549. The van der Waals surface area contributed by atoms with E-state index in [-0.39, 0.29) is 0 Å². The maximum atomic E-state index is 4.71. The molecule has 0 fully saturated rings. The summed E-state index contributed by atoms with van der Waals surface area (Å²) < 4.78 is 0. The molecule has 0 amide bonds. The van der Waals surface area contributed by atoms with E-state index in [1.54, 1.807) is 11.3 Å². The highest BCUT2D eigenvalue weighted by molar-refractivity contribution is 7.09. The summed E-state index contributed by atoms with van der Waals surface area (Å²) in [7, 11) is 0. The number of benzene rings is 1. The van der Waals surface area contributed by atoms with Gasteiger partial charge in [-0.05, 0) is 30.4 Å². The number of thiophene rings is 1. The number of aliphatic imine (C=N–C) groups is 1. The minimum atomic E-state index is 0.425. The summed E-state index contributed by atoms with van der Waals surface area (Å²) >= 11 is 1.80. The SMILES string of the molecule is CCNC(=NCC(C)c1ccccc1)NCCc1cccs1. The Hall–Kier alpha value is -1.81. The first kappa shape index (κ1) is 16.6. The van der Waals surface area contributed by atoms with Gasteiger partial charge in [0.25, 0.3) is 0 Å². The van der Waals surface area contributed by atoms with E-state index in [9.17, 15) is 0 Å². The summed E-state index contributed by atoms with van der Waals surface area (Å²) in [4.78, 5) is 6.11. The zero-order valence-electron chi connectivity index (χ0n) is 13.4. The Kier molecular flexibility index (Phi) is 6.97. The van der Waals surface area contributed by atoms with Crippen LogP contribution in [0.4, 0.5) is 0 Å². The van der Waals surface area contributed by atoms with Crippen molar-refractivity contribution in [1.29, 1.82) is 0 Å². The van der Waals surface area contributed by atoms with E-state index >= 15 is 0 Å². The largest absolute Gasteiger partial charge is 0.357 e. The summed E-state index contributed by atoms with van der Waals surface area (Å²) in [5.41, 5.74) is 1.33. The van der Waals surface area contributed by atoms with Gasteiger partial charge in [0, 0.05) is 30.4 Å². The first-order valence-electron chi connectivity index (χ1n) is 7.89. The van der Waals surface area contributed by atoms with Gasteiger partial charge < -0.3 is 10.6 Å². The lowest BCUT2D eigenvalue weighted by Gasteiger charge is -2.13. The number of rotatable bonds is 7. The number of hydrogen-bond acceptors (Lipinski definition) is 2. The Morgan fingerprint density at radius 3 is 2.64 bits per heavy atom. The van der Waals surface area contributed by atoms with E-state index in [1.165, 1.54) is 10.4 Å². The van der Waals surface area contributed by atoms with Crippen LogP contribution in [0.2, 0.25) is 0 Å². The third kappa shape index (κ3) is 5.53. The van der Waals surface area contributed by atoms with E-state index in [0.29, 0.717) is 5.92 Å². The van der Waals surface area contributed by atoms with Crippen molar-refractivity contribution in [1.82, 2.24) is 10.6 Å². The van der Waals surface area contributed by atoms with E-state index in [2.05, 4.69) is 72.3 Å². The first-order valence-corrected chi connectivity index (χ1v) is 8.77. The summed E-state index contributed by atoms with van der Waals surface area (Å²) in [5.74, 6) is 1.33. The molecule has 2 N–H and O–H groups in total. The second-order valence-corrected chi connectivity index (χ2v) is 6.32. The molecule has 0 saturated carbocycles. The van der Waals surface area contributed by atoms with Crippen LogP contribution in [0.1, 0.15) is 30.2 Å². The van der Waals surface area contributed by atoms with Crippen molar-refractivity contribution < 1.29 is 0 Å². The van der Waals surface area contributed by atoms with Crippen LogP contribution in [0.5, 0.6) is 0 Å². The van der Waals surface area contributed by atoms with Gasteiger partial charge in [0.2, 0.25) is 0 Å². The van der Waals surface area contributed by atoms with Crippen molar-refractivity contribution in [3.8, 4) is 0 Å². The molecule has 1 aromatic heterocycles. The van der Waals surface area contributed by atoms with Crippen LogP contribution in [0.3, 0.4) is 0 Å². The molecule has 2 rings (SSSR count). The minimum absolute atomic E-state index is 0.425. The predicted octanol–water partition coefficient (Wildman–Crippen LogP) is 3.65. The molecule has 2 aromatic rings. The Morgan fingerprint density at radius 2 is 1.95 bits per heavy atom. The fourth-order valence-electron chi connectivity index (χ4n) is 2.22. The van der Waals surface area contributed by atoms with Gasteiger partial charge in [0.1, 0.15) is 0 Å². The predicted molar refractivity (Wildman–Crippen MR) is 96.9 cm³/mol. The topological polar surface area (TPSA) is 36.4 Å². The van der Waals surface area contributed by atoms with Crippen molar-refractivity contribution >= 4 is 17.3 Å². The molecule has 1 heterocycles. The van der Waals surface area contributed by atoms with E-state index in [4.69, 9.17) is 4.99 Å². The highest BCUT2D eigenvalue weighted by atomic mass is 32.1. The molecule has 1 atom stereocenters. The average Bonchev–Trinajstić information content (AvgIpc) is 3.06. The Balaban J connectivity index is 1.83. The molecule has 0 radical (unpaired) electrons. The third-order valence-corrected chi connectivity index (χ3v) is 4.42. The summed E-state index contributed by atoms with van der Waals surface area (Å²) in [6.45, 7) is 6.89. The maximum Gasteiger partial charge on any atom is 0.191 e. The number of guanidine groups is 1. The zero-order valence-corrected chi connectivity index (χ0v) is 14.2. The van der Waals surface area contributed by atoms with Gasteiger partial charge in [-0.1, -0.05) is 43.3 Å². The molecule has 0 saturated heterocycles. The van der Waals surface area contributed by atoms with E-state index in [1.807, 2.05) is 0 Å². The lowest BCUT2D eigenvalue weighted by atomic mass is 10.0. The average molecular weight is 315 g/mol. The molecule has 0 bridgehead atoms. The van der Waals surface area contributed by atoms with Crippen molar-refractivity contribution in [3.63, 3.8) is 0 Å². The smallest absolute Gasteiger partial charge is 0.191 e. The third-order valence-electron chi connectivity index (χ3n) is 3.48. The van der Waals surface area contributed by atoms with Crippen LogP contribution in [-0.2, 0) is 6.42 Å². The molecule has 1 aromatic carbocycles. The standard InChI is InChI=1S/C18H25N3S/c1-3-19-18(20-12-11-17-10-7-13-22-17)21-14-15(2)16-8-5-4-6-9-16/h4-10,13,15H,3,11-12,14H2,1-2H3,(H2,19,20,21). The molecule has 22 heavy (non-hydrogen) atoms. The molecule has 3 nitrogen and oxygen atoms in total. The molecular formula is C18H25N3S. The number of nitrogens with zero attached hydrogens (tertiary/aromatic N) is 1. The fraction of sp³-hybridized carbons (Fsp3) is 0.389. The summed E-state index contributed by atoms with van der Waals surface area (Å²) in [5, 5.41) is 8.84. The molecule has 0 aliphatic rings. The van der Waals surface area contributed by atoms with Crippen LogP contribution >= 0.6 is 11.3 Å². The lowest BCUT2D eigenvalue weighted by Crippen LogP contribution is -2.38. The van der Waals surface area contributed by atoms with E-state index in [0.717, 1.165) is 32.0 Å². The van der Waals surface area contributed by atoms with Crippen molar-refractivity contribution in [3.05, 3.63) is 58.3 Å². The van der Waals surface area contributed by atoms with Crippen molar-refractivity contribution in [2.75, 3.05) is 19.6 Å². The summed E-state index contributed by atoms with van der Waals surface area (Å²) in [6, 6.07) is 14.8. The first-order chi connectivity index (χ1) is 10.8. The van der Waals surface area contributed by atoms with Crippen LogP contribution in [0, 0.1) is 0 Å². The van der Waals surface area contributed by atoms with Gasteiger partial charge in [-0.2, -0.15) is 0 Å². The fourth-order valence-corrected chi connectivity index (χ4v) is 2.92. The van der Waals surface area contributed by atoms with Crippen LogP contribution in [0.15, 0.2) is 52.8 Å². The highest BCUT2D eigenvalue weighted by Crippen LogP contribution is 2.14. The quantitative estimate of drug-likeness (QED) is 0.604. The van der Waals surface area contributed by atoms with E-state index < -0.39 is 0 Å². The van der Waals surface area contributed by atoms with Gasteiger partial charge in [-0.25, -0.2) is 0 Å². The molecule has 0 spiro atoms. The van der Waals surface area contributed by atoms with Crippen molar-refractivity contribution in [2.24, 2.45) is 4.99 Å². The molecule has 0 aliphatic carbocycles. The molecular weight excluding hydrogens is 290 g/mol. The Morgan fingerprint density at radius 1 is 1.14 bits per heavy atom. The van der Waals surface area contributed by atoms with Gasteiger partial charge in [0.05, 0.1) is 0 Å². The second kappa shape index (κ2) is 9.26. The van der Waals surface area contributed by atoms with Gasteiger partial charge in [-0.3, -0.25) is 4.99 Å². The number of hydrogen-bond donors (Lipinski definition) is 2. The molecule has 4 heteroatoms. The van der Waals surface area contributed by atoms with Crippen LogP contribution in [-0.4, -0.2) is 25.6 Å². The van der Waals surface area contributed by atoms with Gasteiger partial charge in [-0.15, -0.1) is 11.3 Å². The Labute approximate surface area is 137 Å². The second-order valence-electron chi connectivity index (χ2n) is 5.29. The highest BCUT2D eigenvalue weighted by Gasteiger charge is 2.05. The van der Waals surface area contributed by atoms with Gasteiger partial charge >= 0.3 is 0 Å². The minimum Gasteiger partial charge on any atom is -0.357 e. The lowest BCUT2D eigenvalue weighted by molar-refractivity contribution is 0.747. The molecule has 1 unspecified atom stereocenters. The maximum absolute atomic E-state index is 4.71. The summed E-state index contributed by atoms with van der Waals surface area (Å²) in [6.07, 6.45) is 1.04. The van der Waals surface area contributed by atoms with Crippen LogP contribution < -0.4 is 10.6 Å². The number of nitrogens with one attached hydrogen (secondary N) is 2. The normalized spacial score (nSPS) is 12.9. The molecule has 118 valence electrons. The van der Waals surface area contributed by atoms with Crippen LogP contribution in [0.25, 0.3) is 0 Å². The van der Waals surface area contributed by atoms with Gasteiger partial charge in [0.15, 0.2) is 5.96 Å². The monoisotopic (exact) mass is 315 g/mol. The molecule has 0 aliphatic heterocycles.